The third-order valence-corrected chi connectivity index (χ3v) is 2.75. The second kappa shape index (κ2) is 3.78. The van der Waals surface area contributed by atoms with E-state index >= 15 is 0 Å². The summed E-state index contributed by atoms with van der Waals surface area (Å²) in [7, 11) is 1.56. The predicted molar refractivity (Wildman–Crippen MR) is 52.5 cm³/mol. The van der Waals surface area contributed by atoms with Gasteiger partial charge < -0.3 is 4.74 Å². The zero-order valence-corrected chi connectivity index (χ0v) is 8.19. The Morgan fingerprint density at radius 1 is 1.57 bits per heavy atom. The number of Topliss-reactive ketones (excluding diaryl/α,β-unsaturated/α-hetero) is 1. The van der Waals surface area contributed by atoms with Gasteiger partial charge in [0.2, 0.25) is 0 Å². The van der Waals surface area contributed by atoms with E-state index in [1.165, 1.54) is 6.42 Å². The molecule has 3 nitrogen and oxygen atoms in total. The van der Waals surface area contributed by atoms with Crippen LogP contribution in [0.25, 0.3) is 0 Å². The van der Waals surface area contributed by atoms with Crippen LogP contribution >= 0.6 is 0 Å². The molecule has 1 aliphatic carbocycles. The molecule has 0 unspecified atom stereocenters. The molecule has 1 aromatic rings. The van der Waals surface area contributed by atoms with Crippen LogP contribution in [0.1, 0.15) is 29.6 Å². The Hall–Kier alpha value is -1.38. The molecular weight excluding hydrogens is 178 g/mol. The average Bonchev–Trinajstić information content (AvgIpc) is 2.15. The standard InChI is InChI=1S/C11H13NO2/c1-14-10-7-12-6-5-9(10)11(13)8-3-2-4-8/h5-8H,2-4H2,1H3. The van der Waals surface area contributed by atoms with Crippen molar-refractivity contribution in [2.75, 3.05) is 7.11 Å². The minimum absolute atomic E-state index is 0.204. The Morgan fingerprint density at radius 3 is 2.93 bits per heavy atom. The van der Waals surface area contributed by atoms with Crippen molar-refractivity contribution in [1.82, 2.24) is 4.98 Å². The number of pyridine rings is 1. The van der Waals surface area contributed by atoms with E-state index < -0.39 is 0 Å². The van der Waals surface area contributed by atoms with Crippen molar-refractivity contribution >= 4 is 5.78 Å². The first-order valence-electron chi connectivity index (χ1n) is 4.85. The minimum Gasteiger partial charge on any atom is -0.494 e. The third kappa shape index (κ3) is 1.50. The molecule has 74 valence electrons. The second-order valence-corrected chi connectivity index (χ2v) is 3.57. The predicted octanol–water partition coefficient (Wildman–Crippen LogP) is 2.07. The van der Waals surface area contributed by atoms with Crippen LogP contribution in [-0.4, -0.2) is 17.9 Å². The summed E-state index contributed by atoms with van der Waals surface area (Å²) >= 11 is 0. The lowest BCUT2D eigenvalue weighted by Gasteiger charge is -2.24. The summed E-state index contributed by atoms with van der Waals surface area (Å²) in [6.07, 6.45) is 6.43. The van der Waals surface area contributed by atoms with E-state index in [0.717, 1.165) is 12.8 Å². The van der Waals surface area contributed by atoms with Crippen molar-refractivity contribution in [2.45, 2.75) is 19.3 Å². The Balaban J connectivity index is 2.25. The first kappa shape index (κ1) is 9.19. The molecule has 1 fully saturated rings. The zero-order valence-electron chi connectivity index (χ0n) is 8.19. The molecule has 2 rings (SSSR count). The van der Waals surface area contributed by atoms with Gasteiger partial charge >= 0.3 is 0 Å². The van der Waals surface area contributed by atoms with Gasteiger partial charge in [-0.25, -0.2) is 0 Å². The van der Waals surface area contributed by atoms with Crippen LogP contribution in [-0.2, 0) is 0 Å². The molecule has 0 amide bonds. The number of nitrogens with zero attached hydrogens (tertiary/aromatic N) is 1. The Labute approximate surface area is 83.1 Å². The molecule has 1 saturated carbocycles. The molecule has 3 heteroatoms. The molecule has 0 bridgehead atoms. The van der Waals surface area contributed by atoms with Gasteiger partial charge in [0.25, 0.3) is 0 Å². The monoisotopic (exact) mass is 191 g/mol. The van der Waals surface area contributed by atoms with Gasteiger partial charge in [-0.05, 0) is 18.9 Å². The molecule has 0 saturated heterocycles. The summed E-state index contributed by atoms with van der Waals surface area (Å²) in [5.41, 5.74) is 0.673. The molecule has 0 aromatic carbocycles. The van der Waals surface area contributed by atoms with Gasteiger partial charge in [-0.15, -0.1) is 0 Å². The van der Waals surface area contributed by atoms with Gasteiger partial charge in [-0.2, -0.15) is 0 Å². The van der Waals surface area contributed by atoms with Crippen LogP contribution in [0.4, 0.5) is 0 Å². The number of carbonyl (C=O) groups is 1. The van der Waals surface area contributed by atoms with Gasteiger partial charge in [-0.3, -0.25) is 9.78 Å². The molecular formula is C11H13NO2. The van der Waals surface area contributed by atoms with E-state index in [2.05, 4.69) is 4.98 Å². The third-order valence-electron chi connectivity index (χ3n) is 2.75. The highest BCUT2D eigenvalue weighted by atomic mass is 16.5. The fourth-order valence-corrected chi connectivity index (χ4v) is 1.64. The highest BCUT2D eigenvalue weighted by Gasteiger charge is 2.27. The highest BCUT2D eigenvalue weighted by Crippen LogP contribution is 2.32. The second-order valence-electron chi connectivity index (χ2n) is 3.57. The van der Waals surface area contributed by atoms with Crippen molar-refractivity contribution in [1.29, 1.82) is 0 Å². The lowest BCUT2D eigenvalue weighted by Crippen LogP contribution is -2.22. The Morgan fingerprint density at radius 2 is 2.36 bits per heavy atom. The summed E-state index contributed by atoms with van der Waals surface area (Å²) < 4.78 is 5.10. The van der Waals surface area contributed by atoms with Gasteiger partial charge in [0.15, 0.2) is 5.78 Å². The Kier molecular flexibility index (Phi) is 2.48. The molecule has 1 aliphatic rings. The van der Waals surface area contributed by atoms with E-state index in [4.69, 9.17) is 4.74 Å². The van der Waals surface area contributed by atoms with E-state index in [9.17, 15) is 4.79 Å². The number of hydrogen-bond acceptors (Lipinski definition) is 3. The minimum atomic E-state index is 0.204. The first-order chi connectivity index (χ1) is 6.83. The van der Waals surface area contributed by atoms with Gasteiger partial charge in [-0.1, -0.05) is 6.42 Å². The number of ketones is 1. The van der Waals surface area contributed by atoms with Crippen molar-refractivity contribution in [2.24, 2.45) is 5.92 Å². The lowest BCUT2D eigenvalue weighted by molar-refractivity contribution is 0.0852. The number of ether oxygens (including phenoxy) is 1. The molecule has 0 atom stereocenters. The largest absolute Gasteiger partial charge is 0.494 e. The quantitative estimate of drug-likeness (QED) is 0.686. The van der Waals surface area contributed by atoms with Crippen molar-refractivity contribution in [3.05, 3.63) is 24.0 Å². The summed E-state index contributed by atoms with van der Waals surface area (Å²) in [6, 6.07) is 1.74. The van der Waals surface area contributed by atoms with E-state index in [1.807, 2.05) is 0 Å². The fourth-order valence-electron chi connectivity index (χ4n) is 1.64. The van der Waals surface area contributed by atoms with Crippen LogP contribution in [0, 0.1) is 5.92 Å². The number of methoxy groups -OCH3 is 1. The molecule has 0 aliphatic heterocycles. The smallest absolute Gasteiger partial charge is 0.169 e. The van der Waals surface area contributed by atoms with Gasteiger partial charge in [0, 0.05) is 12.1 Å². The van der Waals surface area contributed by atoms with Crippen LogP contribution in [0.15, 0.2) is 18.5 Å². The number of carbonyl (C=O) groups excluding carboxylic acids is 1. The molecule has 0 spiro atoms. The van der Waals surface area contributed by atoms with Gasteiger partial charge in [0.1, 0.15) is 5.75 Å². The molecule has 14 heavy (non-hydrogen) atoms. The number of rotatable bonds is 3. The maximum Gasteiger partial charge on any atom is 0.169 e. The first-order valence-corrected chi connectivity index (χ1v) is 4.85. The number of hydrogen-bond donors (Lipinski definition) is 0. The highest BCUT2D eigenvalue weighted by molar-refractivity contribution is 6.00. The van der Waals surface area contributed by atoms with Crippen LogP contribution in [0.3, 0.4) is 0 Å². The van der Waals surface area contributed by atoms with E-state index in [0.29, 0.717) is 11.3 Å². The normalized spacial score (nSPS) is 16.1. The van der Waals surface area contributed by atoms with E-state index in [-0.39, 0.29) is 11.7 Å². The maximum atomic E-state index is 11.9. The SMILES string of the molecule is COc1cnccc1C(=O)C1CCC1. The molecule has 1 heterocycles. The lowest BCUT2D eigenvalue weighted by atomic mass is 9.80. The maximum absolute atomic E-state index is 11.9. The molecule has 1 aromatic heterocycles. The van der Waals surface area contributed by atoms with Crippen molar-refractivity contribution < 1.29 is 9.53 Å². The zero-order chi connectivity index (χ0) is 9.97. The summed E-state index contributed by atoms with van der Waals surface area (Å²) in [6.45, 7) is 0. The summed E-state index contributed by atoms with van der Waals surface area (Å²) in [5.74, 6) is 1.01. The summed E-state index contributed by atoms with van der Waals surface area (Å²) in [4.78, 5) is 15.8. The van der Waals surface area contributed by atoms with Crippen LogP contribution in [0.2, 0.25) is 0 Å². The average molecular weight is 191 g/mol. The Bertz CT molecular complexity index is 345. The summed E-state index contributed by atoms with van der Waals surface area (Å²) in [5, 5.41) is 0. The van der Waals surface area contributed by atoms with Crippen molar-refractivity contribution in [3.8, 4) is 5.75 Å². The van der Waals surface area contributed by atoms with Crippen molar-refractivity contribution in [3.63, 3.8) is 0 Å². The van der Waals surface area contributed by atoms with Gasteiger partial charge in [0.05, 0.1) is 18.9 Å². The van der Waals surface area contributed by atoms with Crippen LogP contribution in [0.5, 0.6) is 5.75 Å². The van der Waals surface area contributed by atoms with Crippen LogP contribution < -0.4 is 4.74 Å². The fraction of sp³-hybridized carbons (Fsp3) is 0.455. The number of aromatic nitrogens is 1. The topological polar surface area (TPSA) is 39.2 Å². The molecule has 0 radical (unpaired) electrons. The molecule has 0 N–H and O–H groups in total. The van der Waals surface area contributed by atoms with E-state index in [1.54, 1.807) is 25.6 Å².